The van der Waals surface area contributed by atoms with E-state index in [4.69, 9.17) is 0 Å². The molecule has 3 nitrogen and oxygen atoms in total. The number of hydrogen-bond acceptors (Lipinski definition) is 2. The molecule has 2 aromatic carbocycles. The topological polar surface area (TPSA) is 57.5 Å². The summed E-state index contributed by atoms with van der Waals surface area (Å²) < 4.78 is 12.9. The van der Waals surface area contributed by atoms with E-state index in [-0.39, 0.29) is 5.56 Å². The van der Waals surface area contributed by atoms with Crippen molar-refractivity contribution in [2.45, 2.75) is 20.0 Å². The molecular weight excluding hydrogens is 259 g/mol. The van der Waals surface area contributed by atoms with E-state index in [0.717, 1.165) is 0 Å². The molecule has 4 heteroatoms. The number of carboxylic acid groups (broad SMARTS) is 1. The lowest BCUT2D eigenvalue weighted by atomic mass is 9.90. The van der Waals surface area contributed by atoms with Crippen LogP contribution in [0.5, 0.6) is 0 Å². The monoisotopic (exact) mass is 274 g/mol. The van der Waals surface area contributed by atoms with Crippen molar-refractivity contribution < 1.29 is 19.4 Å². The maximum absolute atomic E-state index is 12.9. The van der Waals surface area contributed by atoms with Crippen molar-refractivity contribution in [2.24, 2.45) is 0 Å². The van der Waals surface area contributed by atoms with Gasteiger partial charge in [0.1, 0.15) is 11.9 Å². The average Bonchev–Trinajstić information content (AvgIpc) is 2.40. The predicted molar refractivity (Wildman–Crippen MR) is 73.3 cm³/mol. The van der Waals surface area contributed by atoms with Gasteiger partial charge in [-0.15, -0.1) is 0 Å². The standard InChI is InChI=1S/C16H15FO3/c1-9-3-4-10(2)14(16(19)20)13(9)15(18)11-5-7-12(17)8-6-11/h3-8,15,18H,1-2H3,(H,19,20). The zero-order valence-corrected chi connectivity index (χ0v) is 11.2. The third-order valence-corrected chi connectivity index (χ3v) is 3.34. The van der Waals surface area contributed by atoms with Crippen molar-refractivity contribution in [3.63, 3.8) is 0 Å². The van der Waals surface area contributed by atoms with Gasteiger partial charge in [-0.25, -0.2) is 9.18 Å². The minimum Gasteiger partial charge on any atom is -0.478 e. The molecule has 1 atom stereocenters. The number of hydrogen-bond donors (Lipinski definition) is 2. The Morgan fingerprint density at radius 3 is 2.15 bits per heavy atom. The normalized spacial score (nSPS) is 12.2. The second kappa shape index (κ2) is 5.43. The predicted octanol–water partition coefficient (Wildman–Crippen LogP) is 3.22. The van der Waals surface area contributed by atoms with Crippen molar-refractivity contribution in [3.8, 4) is 0 Å². The summed E-state index contributed by atoms with van der Waals surface area (Å²) in [5, 5.41) is 19.8. The highest BCUT2D eigenvalue weighted by Gasteiger charge is 2.22. The van der Waals surface area contributed by atoms with E-state index in [0.29, 0.717) is 22.3 Å². The SMILES string of the molecule is Cc1ccc(C)c(C(O)c2ccc(F)cc2)c1C(=O)O. The van der Waals surface area contributed by atoms with Gasteiger partial charge in [0.25, 0.3) is 0 Å². The van der Waals surface area contributed by atoms with Crippen LogP contribution in [0.3, 0.4) is 0 Å². The first-order chi connectivity index (χ1) is 9.41. The number of aryl methyl sites for hydroxylation is 2. The van der Waals surface area contributed by atoms with Crippen molar-refractivity contribution in [2.75, 3.05) is 0 Å². The molecule has 0 aromatic heterocycles. The van der Waals surface area contributed by atoms with Gasteiger partial charge in [0.05, 0.1) is 5.56 Å². The number of carbonyl (C=O) groups is 1. The van der Waals surface area contributed by atoms with Crippen LogP contribution >= 0.6 is 0 Å². The van der Waals surface area contributed by atoms with Gasteiger partial charge < -0.3 is 10.2 Å². The van der Waals surface area contributed by atoms with E-state index in [1.807, 2.05) is 0 Å². The summed E-state index contributed by atoms with van der Waals surface area (Å²) in [6, 6.07) is 8.86. The lowest BCUT2D eigenvalue weighted by Gasteiger charge is -2.18. The molecule has 0 fully saturated rings. The summed E-state index contributed by atoms with van der Waals surface area (Å²) in [5.74, 6) is -1.48. The number of rotatable bonds is 3. The van der Waals surface area contributed by atoms with E-state index in [2.05, 4.69) is 0 Å². The van der Waals surface area contributed by atoms with Gasteiger partial charge in [0.15, 0.2) is 0 Å². The van der Waals surface area contributed by atoms with Gasteiger partial charge in [0.2, 0.25) is 0 Å². The Bertz CT molecular complexity index is 648. The van der Waals surface area contributed by atoms with E-state index in [1.54, 1.807) is 26.0 Å². The van der Waals surface area contributed by atoms with Crippen molar-refractivity contribution in [3.05, 3.63) is 70.0 Å². The highest BCUT2D eigenvalue weighted by molar-refractivity contribution is 5.92. The van der Waals surface area contributed by atoms with Gasteiger partial charge in [-0.3, -0.25) is 0 Å². The van der Waals surface area contributed by atoms with Crippen molar-refractivity contribution in [1.82, 2.24) is 0 Å². The molecule has 20 heavy (non-hydrogen) atoms. The first kappa shape index (κ1) is 14.2. The summed E-state index contributed by atoms with van der Waals surface area (Å²) in [6.45, 7) is 3.43. The summed E-state index contributed by atoms with van der Waals surface area (Å²) >= 11 is 0. The molecule has 104 valence electrons. The minimum atomic E-state index is -1.10. The van der Waals surface area contributed by atoms with Gasteiger partial charge in [-0.2, -0.15) is 0 Å². The molecule has 0 spiro atoms. The summed E-state index contributed by atoms with van der Waals surface area (Å²) in [6.07, 6.45) is -1.10. The van der Waals surface area contributed by atoms with Crippen LogP contribution in [-0.4, -0.2) is 16.2 Å². The lowest BCUT2D eigenvalue weighted by molar-refractivity contribution is 0.0690. The maximum atomic E-state index is 12.9. The molecule has 0 aliphatic rings. The number of carboxylic acids is 1. The zero-order chi connectivity index (χ0) is 14.9. The Morgan fingerprint density at radius 1 is 1.05 bits per heavy atom. The summed E-state index contributed by atoms with van der Waals surface area (Å²) in [4.78, 5) is 11.4. The second-order valence-corrected chi connectivity index (χ2v) is 4.75. The Labute approximate surface area is 116 Å². The fourth-order valence-corrected chi connectivity index (χ4v) is 2.28. The molecule has 2 aromatic rings. The first-order valence-corrected chi connectivity index (χ1v) is 6.18. The third-order valence-electron chi connectivity index (χ3n) is 3.34. The molecule has 0 bridgehead atoms. The molecule has 0 saturated carbocycles. The smallest absolute Gasteiger partial charge is 0.336 e. The minimum absolute atomic E-state index is 0.0989. The van der Waals surface area contributed by atoms with Crippen LogP contribution in [0.15, 0.2) is 36.4 Å². The van der Waals surface area contributed by atoms with Crippen LogP contribution in [0.1, 0.15) is 38.7 Å². The maximum Gasteiger partial charge on any atom is 0.336 e. The van der Waals surface area contributed by atoms with Crippen LogP contribution in [0, 0.1) is 19.7 Å². The summed E-state index contributed by atoms with van der Waals surface area (Å²) in [5.41, 5.74) is 2.18. The molecular formula is C16H15FO3. The second-order valence-electron chi connectivity index (χ2n) is 4.75. The van der Waals surface area contributed by atoms with E-state index in [1.165, 1.54) is 24.3 Å². The largest absolute Gasteiger partial charge is 0.478 e. The fourth-order valence-electron chi connectivity index (χ4n) is 2.28. The Balaban J connectivity index is 2.59. The number of aliphatic hydroxyl groups is 1. The zero-order valence-electron chi connectivity index (χ0n) is 11.2. The van der Waals surface area contributed by atoms with E-state index in [9.17, 15) is 19.4 Å². The quantitative estimate of drug-likeness (QED) is 0.903. The van der Waals surface area contributed by atoms with Crippen LogP contribution in [-0.2, 0) is 0 Å². The average molecular weight is 274 g/mol. The van der Waals surface area contributed by atoms with Gasteiger partial charge in [-0.1, -0.05) is 24.3 Å². The molecule has 0 aliphatic carbocycles. The highest BCUT2D eigenvalue weighted by atomic mass is 19.1. The van der Waals surface area contributed by atoms with Gasteiger partial charge in [-0.05, 0) is 42.7 Å². The van der Waals surface area contributed by atoms with E-state index < -0.39 is 17.9 Å². The van der Waals surface area contributed by atoms with Crippen LogP contribution in [0.4, 0.5) is 4.39 Å². The molecule has 0 radical (unpaired) electrons. The molecule has 2 rings (SSSR count). The first-order valence-electron chi connectivity index (χ1n) is 6.18. The van der Waals surface area contributed by atoms with Crippen LogP contribution in [0.2, 0.25) is 0 Å². The highest BCUT2D eigenvalue weighted by Crippen LogP contribution is 2.30. The fraction of sp³-hybridized carbons (Fsp3) is 0.188. The van der Waals surface area contributed by atoms with Crippen molar-refractivity contribution >= 4 is 5.97 Å². The third kappa shape index (κ3) is 2.56. The number of aliphatic hydroxyl groups excluding tert-OH is 1. The van der Waals surface area contributed by atoms with Crippen LogP contribution < -0.4 is 0 Å². The van der Waals surface area contributed by atoms with E-state index >= 15 is 0 Å². The summed E-state index contributed by atoms with van der Waals surface area (Å²) in [7, 11) is 0. The molecule has 1 unspecified atom stereocenters. The van der Waals surface area contributed by atoms with Crippen molar-refractivity contribution in [1.29, 1.82) is 0 Å². The Morgan fingerprint density at radius 2 is 1.60 bits per heavy atom. The molecule has 0 heterocycles. The van der Waals surface area contributed by atoms with Crippen LogP contribution in [0.25, 0.3) is 0 Å². The van der Waals surface area contributed by atoms with Gasteiger partial charge in [0, 0.05) is 5.56 Å². The molecule has 0 saturated heterocycles. The molecule has 2 N–H and O–H groups in total. The Hall–Kier alpha value is -2.20. The molecule has 0 amide bonds. The lowest BCUT2D eigenvalue weighted by Crippen LogP contribution is -2.12. The molecule has 0 aliphatic heterocycles. The van der Waals surface area contributed by atoms with Gasteiger partial charge >= 0.3 is 5.97 Å². The number of benzene rings is 2. The Kier molecular flexibility index (Phi) is 3.86. The number of aromatic carboxylic acids is 1. The number of halogens is 1.